The van der Waals surface area contributed by atoms with E-state index in [0.717, 1.165) is 54.2 Å². The molecule has 2 heterocycles. The van der Waals surface area contributed by atoms with E-state index in [1.54, 1.807) is 7.11 Å². The van der Waals surface area contributed by atoms with Crippen LogP contribution in [0.15, 0.2) is 36.4 Å². The fourth-order valence-electron chi connectivity index (χ4n) is 3.93. The largest absolute Gasteiger partial charge is 0.497 e. The van der Waals surface area contributed by atoms with Gasteiger partial charge < -0.3 is 15.0 Å². The number of ether oxygens (including phenoxy) is 1. The first-order valence-electron chi connectivity index (χ1n) is 10.1. The molecule has 1 amide bonds. The van der Waals surface area contributed by atoms with Crippen LogP contribution in [0.2, 0.25) is 0 Å². The van der Waals surface area contributed by atoms with Gasteiger partial charge in [-0.15, -0.1) is 0 Å². The van der Waals surface area contributed by atoms with Crippen molar-refractivity contribution in [2.45, 2.75) is 32.6 Å². The van der Waals surface area contributed by atoms with Crippen LogP contribution in [0.5, 0.6) is 5.75 Å². The van der Waals surface area contributed by atoms with Crippen molar-refractivity contribution in [1.82, 2.24) is 14.9 Å². The Bertz CT molecular complexity index is 963. The normalized spacial score (nSPS) is 15.6. The summed E-state index contributed by atoms with van der Waals surface area (Å²) in [4.78, 5) is 22.9. The summed E-state index contributed by atoms with van der Waals surface area (Å²) in [5.74, 6) is 2.29. The molecule has 1 fully saturated rings. The van der Waals surface area contributed by atoms with Crippen LogP contribution in [0, 0.1) is 13.8 Å². The number of likely N-dealkylation sites (tertiary alicyclic amines) is 1. The average molecular weight is 393 g/mol. The number of carbonyl (C=O) groups is 1. The summed E-state index contributed by atoms with van der Waals surface area (Å²) < 4.78 is 5.14. The molecule has 0 saturated carbocycles. The molecule has 0 unspecified atom stereocenters. The first-order chi connectivity index (χ1) is 14.0. The Balaban J connectivity index is 1.31. The summed E-state index contributed by atoms with van der Waals surface area (Å²) in [5, 5.41) is 2.96. The lowest BCUT2D eigenvalue weighted by molar-refractivity contribution is -0.117. The van der Waals surface area contributed by atoms with Crippen LogP contribution >= 0.6 is 0 Å². The quantitative estimate of drug-likeness (QED) is 0.688. The number of aromatic amines is 1. The Morgan fingerprint density at radius 2 is 1.86 bits per heavy atom. The second-order valence-electron chi connectivity index (χ2n) is 7.90. The zero-order valence-corrected chi connectivity index (χ0v) is 17.3. The van der Waals surface area contributed by atoms with Crippen molar-refractivity contribution >= 4 is 22.6 Å². The number of H-pyrrole nitrogens is 1. The highest BCUT2D eigenvalue weighted by molar-refractivity contribution is 5.92. The van der Waals surface area contributed by atoms with Crippen molar-refractivity contribution < 1.29 is 9.53 Å². The molecule has 1 aliphatic rings. The molecule has 3 aromatic rings. The third kappa shape index (κ3) is 4.43. The number of anilines is 1. The number of hydrogen-bond donors (Lipinski definition) is 2. The zero-order chi connectivity index (χ0) is 20.4. The third-order valence-corrected chi connectivity index (χ3v) is 5.83. The van der Waals surface area contributed by atoms with E-state index in [4.69, 9.17) is 9.72 Å². The van der Waals surface area contributed by atoms with Crippen molar-refractivity contribution in [1.29, 1.82) is 0 Å². The smallest absolute Gasteiger partial charge is 0.238 e. The van der Waals surface area contributed by atoms with Gasteiger partial charge in [-0.2, -0.15) is 0 Å². The van der Waals surface area contributed by atoms with E-state index in [0.29, 0.717) is 12.5 Å². The number of fused-ring (bicyclic) bond motifs is 1. The topological polar surface area (TPSA) is 70.2 Å². The number of piperidine rings is 1. The average Bonchev–Trinajstić information content (AvgIpc) is 3.12. The minimum atomic E-state index is 0.0169. The molecular formula is C23H28N4O2. The molecule has 29 heavy (non-hydrogen) atoms. The van der Waals surface area contributed by atoms with Crippen LogP contribution in [0.25, 0.3) is 11.0 Å². The maximum atomic E-state index is 12.4. The summed E-state index contributed by atoms with van der Waals surface area (Å²) in [6, 6.07) is 11.7. The standard InChI is InChI=1S/C23H28N4O2/c1-15-12-20-21(13-16(15)2)26-23(25-20)17-8-10-27(11-9-17)14-22(28)24-18-4-6-19(29-3)7-5-18/h4-7,12-13,17H,8-11,14H2,1-3H3,(H,24,28)(H,25,26). The van der Waals surface area contributed by atoms with Crippen molar-refractivity contribution in [3.8, 4) is 5.75 Å². The Morgan fingerprint density at radius 3 is 2.55 bits per heavy atom. The van der Waals surface area contributed by atoms with Crippen LogP contribution in [-0.4, -0.2) is 47.5 Å². The van der Waals surface area contributed by atoms with E-state index < -0.39 is 0 Å². The highest BCUT2D eigenvalue weighted by Crippen LogP contribution is 2.28. The number of imidazole rings is 1. The first-order valence-corrected chi connectivity index (χ1v) is 10.1. The number of aryl methyl sites for hydroxylation is 2. The van der Waals surface area contributed by atoms with E-state index in [2.05, 4.69) is 41.2 Å². The Kier molecular flexibility index (Phi) is 5.53. The molecule has 2 N–H and O–H groups in total. The number of aromatic nitrogens is 2. The lowest BCUT2D eigenvalue weighted by atomic mass is 9.96. The van der Waals surface area contributed by atoms with E-state index in [9.17, 15) is 4.79 Å². The molecule has 4 rings (SSSR count). The molecule has 1 aliphatic heterocycles. The predicted octanol–water partition coefficient (Wildman–Crippen LogP) is 4.01. The number of methoxy groups -OCH3 is 1. The van der Waals surface area contributed by atoms with Crippen LogP contribution in [0.3, 0.4) is 0 Å². The van der Waals surface area contributed by atoms with Gasteiger partial charge in [-0.3, -0.25) is 9.69 Å². The second kappa shape index (κ2) is 8.25. The highest BCUT2D eigenvalue weighted by Gasteiger charge is 2.24. The summed E-state index contributed by atoms with van der Waals surface area (Å²) >= 11 is 0. The van der Waals surface area contributed by atoms with Gasteiger partial charge in [0.15, 0.2) is 0 Å². The molecule has 1 saturated heterocycles. The van der Waals surface area contributed by atoms with Gasteiger partial charge in [0.2, 0.25) is 5.91 Å². The molecule has 0 aliphatic carbocycles. The third-order valence-electron chi connectivity index (χ3n) is 5.83. The molecule has 152 valence electrons. The molecule has 0 bridgehead atoms. The Labute approximate surface area is 171 Å². The Hall–Kier alpha value is -2.86. The second-order valence-corrected chi connectivity index (χ2v) is 7.90. The number of benzene rings is 2. The molecule has 6 nitrogen and oxygen atoms in total. The maximum Gasteiger partial charge on any atom is 0.238 e. The van der Waals surface area contributed by atoms with Crippen LogP contribution < -0.4 is 10.1 Å². The summed E-state index contributed by atoms with van der Waals surface area (Å²) in [6.07, 6.45) is 2.02. The van der Waals surface area contributed by atoms with Crippen molar-refractivity contribution in [2.75, 3.05) is 32.1 Å². The van der Waals surface area contributed by atoms with Gasteiger partial charge in [-0.1, -0.05) is 0 Å². The fraction of sp³-hybridized carbons (Fsp3) is 0.391. The van der Waals surface area contributed by atoms with Crippen molar-refractivity contribution in [3.05, 3.63) is 53.3 Å². The van der Waals surface area contributed by atoms with Crippen molar-refractivity contribution in [3.63, 3.8) is 0 Å². The molecular weight excluding hydrogens is 364 g/mol. The summed E-state index contributed by atoms with van der Waals surface area (Å²) in [5.41, 5.74) is 5.51. The van der Waals surface area contributed by atoms with Gasteiger partial charge in [0, 0.05) is 11.6 Å². The van der Waals surface area contributed by atoms with Crippen LogP contribution in [-0.2, 0) is 4.79 Å². The molecule has 0 atom stereocenters. The van der Waals surface area contributed by atoms with Gasteiger partial charge in [0.25, 0.3) is 0 Å². The summed E-state index contributed by atoms with van der Waals surface area (Å²) in [6.45, 7) is 6.46. The minimum absolute atomic E-state index is 0.0169. The Morgan fingerprint density at radius 1 is 1.17 bits per heavy atom. The number of hydrogen-bond acceptors (Lipinski definition) is 4. The number of nitrogens with one attached hydrogen (secondary N) is 2. The van der Waals surface area contributed by atoms with Crippen LogP contribution in [0.1, 0.15) is 35.7 Å². The maximum absolute atomic E-state index is 12.4. The van der Waals surface area contributed by atoms with Gasteiger partial charge in [-0.25, -0.2) is 4.98 Å². The number of amides is 1. The zero-order valence-electron chi connectivity index (χ0n) is 17.3. The van der Waals surface area contributed by atoms with E-state index in [1.165, 1.54) is 11.1 Å². The first kappa shape index (κ1) is 19.5. The summed E-state index contributed by atoms with van der Waals surface area (Å²) in [7, 11) is 1.63. The number of nitrogens with zero attached hydrogens (tertiary/aromatic N) is 2. The van der Waals surface area contributed by atoms with E-state index in [-0.39, 0.29) is 5.91 Å². The van der Waals surface area contributed by atoms with Crippen molar-refractivity contribution in [2.24, 2.45) is 0 Å². The minimum Gasteiger partial charge on any atom is -0.497 e. The van der Waals surface area contributed by atoms with E-state index in [1.807, 2.05) is 24.3 Å². The SMILES string of the molecule is COc1ccc(NC(=O)CN2CCC(c3nc4cc(C)c(C)cc4[nH]3)CC2)cc1. The molecule has 6 heteroatoms. The van der Waals surface area contributed by atoms with E-state index >= 15 is 0 Å². The lowest BCUT2D eigenvalue weighted by Crippen LogP contribution is -2.38. The molecule has 0 radical (unpaired) electrons. The highest BCUT2D eigenvalue weighted by atomic mass is 16.5. The lowest BCUT2D eigenvalue weighted by Gasteiger charge is -2.30. The number of rotatable bonds is 5. The fourth-order valence-corrected chi connectivity index (χ4v) is 3.93. The monoisotopic (exact) mass is 392 g/mol. The van der Waals surface area contributed by atoms with Crippen LogP contribution in [0.4, 0.5) is 5.69 Å². The van der Waals surface area contributed by atoms with Gasteiger partial charge >= 0.3 is 0 Å². The molecule has 2 aromatic carbocycles. The van der Waals surface area contributed by atoms with Gasteiger partial charge in [-0.05, 0) is 87.3 Å². The molecule has 0 spiro atoms. The number of carbonyl (C=O) groups excluding carboxylic acids is 1. The molecule has 1 aromatic heterocycles. The predicted molar refractivity (Wildman–Crippen MR) is 116 cm³/mol. The van der Waals surface area contributed by atoms with Gasteiger partial charge in [0.1, 0.15) is 11.6 Å². The van der Waals surface area contributed by atoms with Gasteiger partial charge in [0.05, 0.1) is 24.7 Å².